The average molecular weight is 798 g/mol. The molecule has 13 heteroatoms. The number of nitrogens with zero attached hydrogens (tertiary/aromatic N) is 1. The minimum Gasteiger partial charge on any atom is -0.493 e. The third-order valence-electron chi connectivity index (χ3n) is 6.54. The zero-order valence-electron chi connectivity index (χ0n) is 23.2. The van der Waals surface area contributed by atoms with Crippen LogP contribution in [0.25, 0.3) is 6.08 Å². The van der Waals surface area contributed by atoms with Crippen LogP contribution in [0.1, 0.15) is 16.7 Å². The molecule has 1 aliphatic heterocycles. The fourth-order valence-electron chi connectivity index (χ4n) is 4.30. The van der Waals surface area contributed by atoms with E-state index in [0.29, 0.717) is 46.5 Å². The van der Waals surface area contributed by atoms with Gasteiger partial charge in [0.25, 0.3) is 11.8 Å². The summed E-state index contributed by atoms with van der Waals surface area (Å²) in [6.07, 6.45) is 1.39. The molecule has 1 saturated heterocycles. The number of rotatable bonds is 9. The maximum Gasteiger partial charge on any atom is 0.335 e. The second-order valence-electron chi connectivity index (χ2n) is 9.55. The predicted molar refractivity (Wildman–Crippen MR) is 183 cm³/mol. The lowest BCUT2D eigenvalue weighted by Crippen LogP contribution is -2.54. The number of ether oxygens (including phenoxy) is 3. The number of hydrogen-bond donors (Lipinski definition) is 1. The lowest BCUT2D eigenvalue weighted by molar-refractivity contribution is -0.122. The van der Waals surface area contributed by atoms with Gasteiger partial charge in [0.2, 0.25) is 0 Å². The topological polar surface area (TPSA) is 94.2 Å². The molecular weight excluding hydrogens is 777 g/mol. The Kier molecular flexibility index (Phi) is 10.5. The molecule has 1 heterocycles. The van der Waals surface area contributed by atoms with Crippen LogP contribution in [0.2, 0.25) is 20.1 Å². The summed E-state index contributed by atoms with van der Waals surface area (Å²) in [5.74, 6) is -0.303. The number of amides is 4. The third kappa shape index (κ3) is 7.67. The molecule has 1 aliphatic rings. The number of imide groups is 2. The lowest BCUT2D eigenvalue weighted by atomic mass is 10.1. The quantitative estimate of drug-likeness (QED) is 0.104. The summed E-state index contributed by atoms with van der Waals surface area (Å²) in [5, 5.41) is 4.06. The first-order chi connectivity index (χ1) is 21.5. The van der Waals surface area contributed by atoms with E-state index in [1.54, 1.807) is 60.7 Å². The van der Waals surface area contributed by atoms with E-state index < -0.39 is 17.8 Å². The van der Waals surface area contributed by atoms with E-state index >= 15 is 0 Å². The van der Waals surface area contributed by atoms with E-state index in [-0.39, 0.29) is 24.5 Å². The van der Waals surface area contributed by atoms with Crippen molar-refractivity contribution in [1.82, 2.24) is 5.32 Å². The summed E-state index contributed by atoms with van der Waals surface area (Å²) in [7, 11) is 1.48. The molecule has 0 atom stereocenters. The molecule has 230 valence electrons. The highest BCUT2D eigenvalue weighted by Crippen LogP contribution is 2.36. The minimum atomic E-state index is -0.873. The van der Waals surface area contributed by atoms with Crippen molar-refractivity contribution in [1.29, 1.82) is 0 Å². The van der Waals surface area contributed by atoms with E-state index in [9.17, 15) is 14.4 Å². The number of carbonyl (C=O) groups is 3. The van der Waals surface area contributed by atoms with Gasteiger partial charge in [-0.05, 0) is 100 Å². The lowest BCUT2D eigenvalue weighted by Gasteiger charge is -2.26. The standard InChI is InChI=1S/C32H21Cl4IN2O6/c1-43-28-13-18(12-27(37)29(28)45-15-17-2-9-24(34)26(36)11-17)10-23-30(40)38-32(42)39(31(23)41)21-5-7-22(8-6-21)44-16-19-3-4-20(33)14-25(19)35/h2-14H,15-16H2,1H3,(H,38,40,42)/b23-10+. The number of urea groups is 1. The van der Waals surface area contributed by atoms with Crippen LogP contribution in [0.4, 0.5) is 10.5 Å². The molecule has 1 N–H and O–H groups in total. The number of halogens is 5. The van der Waals surface area contributed by atoms with Crippen LogP contribution in [0.15, 0.2) is 78.4 Å². The Labute approximate surface area is 291 Å². The molecule has 8 nitrogen and oxygen atoms in total. The highest BCUT2D eigenvalue weighted by atomic mass is 127. The Bertz CT molecular complexity index is 1850. The van der Waals surface area contributed by atoms with Crippen LogP contribution in [-0.2, 0) is 22.8 Å². The molecule has 1 fully saturated rings. The smallest absolute Gasteiger partial charge is 0.335 e. The van der Waals surface area contributed by atoms with Crippen LogP contribution >= 0.6 is 69.0 Å². The molecule has 4 aromatic carbocycles. The second-order valence-corrected chi connectivity index (χ2v) is 12.4. The van der Waals surface area contributed by atoms with Gasteiger partial charge in [-0.15, -0.1) is 0 Å². The van der Waals surface area contributed by atoms with Gasteiger partial charge >= 0.3 is 6.03 Å². The maximum absolute atomic E-state index is 13.5. The van der Waals surface area contributed by atoms with Crippen molar-refractivity contribution >= 4 is 98.6 Å². The molecule has 5 rings (SSSR count). The number of methoxy groups -OCH3 is 1. The minimum absolute atomic E-state index is 0.182. The monoisotopic (exact) mass is 796 g/mol. The third-order valence-corrected chi connectivity index (χ3v) is 8.66. The number of nitrogens with one attached hydrogen (secondary N) is 1. The Morgan fingerprint density at radius 3 is 2.27 bits per heavy atom. The molecule has 0 saturated carbocycles. The van der Waals surface area contributed by atoms with E-state index in [4.69, 9.17) is 60.6 Å². The van der Waals surface area contributed by atoms with Crippen molar-refractivity contribution in [2.45, 2.75) is 13.2 Å². The zero-order chi connectivity index (χ0) is 32.2. The molecule has 0 radical (unpaired) electrons. The second kappa shape index (κ2) is 14.3. The highest BCUT2D eigenvalue weighted by Gasteiger charge is 2.37. The molecule has 4 amide bonds. The summed E-state index contributed by atoms with van der Waals surface area (Å²) in [6, 6.07) is 19.0. The van der Waals surface area contributed by atoms with Gasteiger partial charge in [-0.3, -0.25) is 14.9 Å². The number of benzene rings is 4. The normalized spacial score (nSPS) is 14.0. The Hall–Kier alpha value is -3.48. The van der Waals surface area contributed by atoms with Gasteiger partial charge in [0, 0.05) is 15.6 Å². The Morgan fingerprint density at radius 2 is 1.58 bits per heavy atom. The predicted octanol–water partition coefficient (Wildman–Crippen LogP) is 8.74. The first kappa shape index (κ1) is 32.9. The molecule has 0 aromatic heterocycles. The number of barbiturate groups is 1. The molecule has 0 unspecified atom stereocenters. The van der Waals surface area contributed by atoms with E-state index in [1.807, 2.05) is 0 Å². The van der Waals surface area contributed by atoms with Crippen LogP contribution in [-0.4, -0.2) is 25.0 Å². The summed E-state index contributed by atoms with van der Waals surface area (Å²) >= 11 is 26.3. The zero-order valence-corrected chi connectivity index (χ0v) is 28.4. The maximum atomic E-state index is 13.5. The Morgan fingerprint density at radius 1 is 0.822 bits per heavy atom. The van der Waals surface area contributed by atoms with Gasteiger partial charge in [-0.1, -0.05) is 58.5 Å². The van der Waals surface area contributed by atoms with Crippen molar-refractivity contribution < 1.29 is 28.6 Å². The van der Waals surface area contributed by atoms with Crippen LogP contribution in [0.5, 0.6) is 17.2 Å². The van der Waals surface area contributed by atoms with Crippen molar-refractivity contribution in [3.63, 3.8) is 0 Å². The van der Waals surface area contributed by atoms with Crippen LogP contribution in [0.3, 0.4) is 0 Å². The van der Waals surface area contributed by atoms with E-state index in [1.165, 1.54) is 25.3 Å². The Balaban J connectivity index is 1.33. The molecular formula is C32H21Cl4IN2O6. The summed E-state index contributed by atoms with van der Waals surface area (Å²) in [5.41, 5.74) is 2.02. The summed E-state index contributed by atoms with van der Waals surface area (Å²) < 4.78 is 18.0. The summed E-state index contributed by atoms with van der Waals surface area (Å²) in [4.78, 5) is 39.9. The van der Waals surface area contributed by atoms with Gasteiger partial charge < -0.3 is 14.2 Å². The van der Waals surface area contributed by atoms with Crippen molar-refractivity contribution in [2.75, 3.05) is 12.0 Å². The van der Waals surface area contributed by atoms with Crippen molar-refractivity contribution in [2.24, 2.45) is 0 Å². The first-order valence-corrected chi connectivity index (χ1v) is 15.7. The highest BCUT2D eigenvalue weighted by molar-refractivity contribution is 14.1. The van der Waals surface area contributed by atoms with Crippen molar-refractivity contribution in [3.8, 4) is 17.2 Å². The SMILES string of the molecule is COc1cc(/C=C2\C(=O)NC(=O)N(c3ccc(OCc4ccc(Cl)cc4Cl)cc3)C2=O)cc(I)c1OCc1ccc(Cl)c(Cl)c1. The van der Waals surface area contributed by atoms with Gasteiger partial charge in [-0.2, -0.15) is 0 Å². The fourth-order valence-corrected chi connectivity index (χ4v) is 5.86. The number of hydrogen-bond acceptors (Lipinski definition) is 6. The summed E-state index contributed by atoms with van der Waals surface area (Å²) in [6.45, 7) is 0.377. The average Bonchev–Trinajstić information content (AvgIpc) is 3.00. The van der Waals surface area contributed by atoms with E-state index in [2.05, 4.69) is 27.9 Å². The van der Waals surface area contributed by atoms with Crippen molar-refractivity contribution in [3.05, 3.63) is 119 Å². The van der Waals surface area contributed by atoms with Gasteiger partial charge in [0.1, 0.15) is 24.5 Å². The molecule has 0 bridgehead atoms. The first-order valence-electron chi connectivity index (χ1n) is 13.1. The van der Waals surface area contributed by atoms with Gasteiger partial charge in [0.15, 0.2) is 11.5 Å². The molecule has 4 aromatic rings. The van der Waals surface area contributed by atoms with Gasteiger partial charge in [-0.25, -0.2) is 9.69 Å². The molecule has 45 heavy (non-hydrogen) atoms. The van der Waals surface area contributed by atoms with Gasteiger partial charge in [0.05, 0.1) is 26.4 Å². The van der Waals surface area contributed by atoms with Crippen LogP contribution < -0.4 is 24.4 Å². The number of anilines is 1. The number of carbonyl (C=O) groups excluding carboxylic acids is 3. The molecule has 0 aliphatic carbocycles. The molecule has 0 spiro atoms. The van der Waals surface area contributed by atoms with E-state index in [0.717, 1.165) is 16.0 Å². The largest absolute Gasteiger partial charge is 0.493 e. The van der Waals surface area contributed by atoms with Crippen LogP contribution in [0, 0.1) is 3.57 Å². The fraction of sp³-hybridized carbons (Fsp3) is 0.0938.